The molecule has 0 aliphatic carbocycles. The first kappa shape index (κ1) is 8.27. The lowest BCUT2D eigenvalue weighted by Crippen LogP contribution is -2.05. The van der Waals surface area contributed by atoms with Crippen molar-refractivity contribution in [3.8, 4) is 0 Å². The predicted molar refractivity (Wildman–Crippen MR) is 58.8 cm³/mol. The van der Waals surface area contributed by atoms with Crippen LogP contribution in [0.1, 0.15) is 6.99 Å². The van der Waals surface area contributed by atoms with Gasteiger partial charge < -0.3 is 5.32 Å². The molecule has 0 aliphatic heterocycles. The van der Waals surface area contributed by atoms with Crippen molar-refractivity contribution >= 4 is 10.8 Å². The standard InChI is InChI=1S/C12H13N.H2/c1-13-9-11-7-4-6-10-5-2-3-8-12(10)11;/h2-8,13H,9H2,1H3;1H. The largest absolute Gasteiger partial charge is 0.316 e. The third kappa shape index (κ3) is 1.56. The molecular formula is C12H15N. The van der Waals surface area contributed by atoms with E-state index in [2.05, 4.69) is 47.8 Å². The van der Waals surface area contributed by atoms with E-state index in [1.165, 1.54) is 16.3 Å². The minimum absolute atomic E-state index is 0. The molecule has 1 N–H and O–H groups in total. The third-order valence-electron chi connectivity index (χ3n) is 2.25. The molecule has 1 heteroatoms. The Hall–Kier alpha value is -1.34. The monoisotopic (exact) mass is 173 g/mol. The summed E-state index contributed by atoms with van der Waals surface area (Å²) in [7, 11) is 1.97. The molecule has 0 radical (unpaired) electrons. The van der Waals surface area contributed by atoms with Crippen molar-refractivity contribution in [3.63, 3.8) is 0 Å². The molecule has 0 heterocycles. The van der Waals surface area contributed by atoms with Crippen LogP contribution in [0, 0.1) is 0 Å². The molecule has 0 aromatic heterocycles. The van der Waals surface area contributed by atoms with Crippen LogP contribution in [0.25, 0.3) is 10.8 Å². The minimum atomic E-state index is 0. The van der Waals surface area contributed by atoms with E-state index in [9.17, 15) is 0 Å². The summed E-state index contributed by atoms with van der Waals surface area (Å²) in [5, 5.41) is 5.84. The number of hydrogen-bond donors (Lipinski definition) is 1. The quantitative estimate of drug-likeness (QED) is 0.736. The summed E-state index contributed by atoms with van der Waals surface area (Å²) in [6.07, 6.45) is 0. The maximum absolute atomic E-state index is 3.18. The second-order valence-electron chi connectivity index (χ2n) is 3.17. The Balaban J connectivity index is 0.000000980. The van der Waals surface area contributed by atoms with Crippen molar-refractivity contribution in [1.29, 1.82) is 0 Å². The molecule has 0 amide bonds. The Morgan fingerprint density at radius 1 is 1.08 bits per heavy atom. The van der Waals surface area contributed by atoms with E-state index >= 15 is 0 Å². The molecule has 2 aromatic carbocycles. The highest BCUT2D eigenvalue weighted by atomic mass is 14.8. The molecular weight excluding hydrogens is 158 g/mol. The molecule has 0 spiro atoms. The van der Waals surface area contributed by atoms with Crippen molar-refractivity contribution in [3.05, 3.63) is 48.0 Å². The molecule has 2 aromatic rings. The van der Waals surface area contributed by atoms with Gasteiger partial charge in [0.25, 0.3) is 0 Å². The van der Waals surface area contributed by atoms with Gasteiger partial charge in [-0.3, -0.25) is 0 Å². The Kier molecular flexibility index (Phi) is 2.28. The second-order valence-corrected chi connectivity index (χ2v) is 3.17. The van der Waals surface area contributed by atoms with Crippen LogP contribution in [0.15, 0.2) is 42.5 Å². The van der Waals surface area contributed by atoms with E-state index < -0.39 is 0 Å². The Bertz CT molecular complexity index is 406. The lowest BCUT2D eigenvalue weighted by atomic mass is 10.0. The van der Waals surface area contributed by atoms with Gasteiger partial charge in [-0.05, 0) is 23.4 Å². The Labute approximate surface area is 79.9 Å². The zero-order valence-electron chi connectivity index (χ0n) is 7.75. The van der Waals surface area contributed by atoms with Gasteiger partial charge in [-0.25, -0.2) is 0 Å². The van der Waals surface area contributed by atoms with Crippen molar-refractivity contribution in [2.75, 3.05) is 7.05 Å². The van der Waals surface area contributed by atoms with Crippen LogP contribution < -0.4 is 5.32 Å². The summed E-state index contributed by atoms with van der Waals surface area (Å²) in [6, 6.07) is 14.9. The number of fused-ring (bicyclic) bond motifs is 1. The number of benzene rings is 2. The zero-order chi connectivity index (χ0) is 9.10. The SMILES string of the molecule is CNCc1cccc2ccccc12.[HH]. The molecule has 0 unspecified atom stereocenters. The molecule has 0 saturated carbocycles. The van der Waals surface area contributed by atoms with Gasteiger partial charge in [0.05, 0.1) is 0 Å². The average Bonchev–Trinajstić information content (AvgIpc) is 2.19. The van der Waals surface area contributed by atoms with Gasteiger partial charge in [0.2, 0.25) is 0 Å². The van der Waals surface area contributed by atoms with E-state index in [0.717, 1.165) is 6.54 Å². The first-order chi connectivity index (χ1) is 6.42. The van der Waals surface area contributed by atoms with Crippen molar-refractivity contribution in [2.24, 2.45) is 0 Å². The van der Waals surface area contributed by atoms with E-state index in [0.29, 0.717) is 0 Å². The van der Waals surface area contributed by atoms with Crippen molar-refractivity contribution in [2.45, 2.75) is 6.54 Å². The van der Waals surface area contributed by atoms with Crippen LogP contribution >= 0.6 is 0 Å². The topological polar surface area (TPSA) is 12.0 Å². The summed E-state index contributed by atoms with van der Waals surface area (Å²) in [4.78, 5) is 0. The molecule has 0 saturated heterocycles. The van der Waals surface area contributed by atoms with E-state index in [1.54, 1.807) is 0 Å². The first-order valence-electron chi connectivity index (χ1n) is 4.53. The van der Waals surface area contributed by atoms with Crippen LogP contribution in [0.5, 0.6) is 0 Å². The minimum Gasteiger partial charge on any atom is -0.316 e. The van der Waals surface area contributed by atoms with Crippen molar-refractivity contribution < 1.29 is 1.43 Å². The molecule has 68 valence electrons. The summed E-state index contributed by atoms with van der Waals surface area (Å²) in [6.45, 7) is 0.932. The lowest BCUT2D eigenvalue weighted by molar-refractivity contribution is 0.824. The highest BCUT2D eigenvalue weighted by molar-refractivity contribution is 5.85. The zero-order valence-corrected chi connectivity index (χ0v) is 7.75. The fourth-order valence-electron chi connectivity index (χ4n) is 1.64. The van der Waals surface area contributed by atoms with Crippen LogP contribution in [-0.2, 0) is 6.54 Å². The average molecular weight is 173 g/mol. The van der Waals surface area contributed by atoms with Crippen LogP contribution in [0.2, 0.25) is 0 Å². The molecule has 1 nitrogen and oxygen atoms in total. The molecule has 2 rings (SSSR count). The van der Waals surface area contributed by atoms with Gasteiger partial charge in [-0.2, -0.15) is 0 Å². The molecule has 0 fully saturated rings. The van der Waals surface area contributed by atoms with Gasteiger partial charge >= 0.3 is 0 Å². The van der Waals surface area contributed by atoms with Gasteiger partial charge in [-0.1, -0.05) is 42.5 Å². The van der Waals surface area contributed by atoms with Gasteiger partial charge in [0, 0.05) is 7.97 Å². The van der Waals surface area contributed by atoms with E-state index in [4.69, 9.17) is 0 Å². The maximum atomic E-state index is 3.18. The van der Waals surface area contributed by atoms with E-state index in [-0.39, 0.29) is 1.43 Å². The highest BCUT2D eigenvalue weighted by Gasteiger charge is 1.97. The predicted octanol–water partition coefficient (Wildman–Crippen LogP) is 2.81. The smallest absolute Gasteiger partial charge is 0.0208 e. The van der Waals surface area contributed by atoms with E-state index in [1.807, 2.05) is 7.05 Å². The van der Waals surface area contributed by atoms with Crippen LogP contribution in [-0.4, -0.2) is 7.05 Å². The molecule has 0 atom stereocenters. The first-order valence-corrected chi connectivity index (χ1v) is 4.53. The normalized spacial score (nSPS) is 10.5. The van der Waals surface area contributed by atoms with Gasteiger partial charge in [0.1, 0.15) is 0 Å². The van der Waals surface area contributed by atoms with Crippen LogP contribution in [0.3, 0.4) is 0 Å². The lowest BCUT2D eigenvalue weighted by Gasteiger charge is -2.04. The number of hydrogen-bond acceptors (Lipinski definition) is 1. The summed E-state index contributed by atoms with van der Waals surface area (Å²) in [5.74, 6) is 0. The van der Waals surface area contributed by atoms with Crippen molar-refractivity contribution in [1.82, 2.24) is 5.32 Å². The van der Waals surface area contributed by atoms with Crippen LogP contribution in [0.4, 0.5) is 0 Å². The van der Waals surface area contributed by atoms with Gasteiger partial charge in [0.15, 0.2) is 0 Å². The molecule has 0 bridgehead atoms. The second kappa shape index (κ2) is 3.58. The fraction of sp³-hybridized carbons (Fsp3) is 0.167. The fourth-order valence-corrected chi connectivity index (χ4v) is 1.64. The summed E-state index contributed by atoms with van der Waals surface area (Å²) < 4.78 is 0. The maximum Gasteiger partial charge on any atom is 0.0208 e. The highest BCUT2D eigenvalue weighted by Crippen LogP contribution is 2.17. The summed E-state index contributed by atoms with van der Waals surface area (Å²) >= 11 is 0. The Morgan fingerprint density at radius 3 is 2.69 bits per heavy atom. The Morgan fingerprint density at radius 2 is 1.85 bits per heavy atom. The molecule has 0 aliphatic rings. The number of nitrogens with one attached hydrogen (secondary N) is 1. The molecule has 13 heavy (non-hydrogen) atoms. The van der Waals surface area contributed by atoms with Gasteiger partial charge in [-0.15, -0.1) is 0 Å². The summed E-state index contributed by atoms with van der Waals surface area (Å²) in [5.41, 5.74) is 1.36. The number of rotatable bonds is 2. The third-order valence-corrected chi connectivity index (χ3v) is 2.25.